The summed E-state index contributed by atoms with van der Waals surface area (Å²) in [6, 6.07) is 22.6. The number of sulfonamides is 1. The molecule has 0 heterocycles. The van der Waals surface area contributed by atoms with Gasteiger partial charge < -0.3 is 14.8 Å². The number of nitrogens with two attached hydrogens (primary N) is 1. The molecule has 0 saturated heterocycles. The normalized spacial score (nSPS) is 11.3. The van der Waals surface area contributed by atoms with Crippen molar-refractivity contribution in [1.82, 2.24) is 5.32 Å². The molecule has 0 aliphatic heterocycles. The van der Waals surface area contributed by atoms with Crippen molar-refractivity contribution < 1.29 is 17.9 Å². The van der Waals surface area contributed by atoms with E-state index in [-0.39, 0.29) is 4.90 Å². The molecule has 0 atom stereocenters. The molecule has 0 radical (unpaired) electrons. The third-order valence-corrected chi connectivity index (χ3v) is 5.67. The summed E-state index contributed by atoms with van der Waals surface area (Å²) >= 11 is 0. The quantitative estimate of drug-likeness (QED) is 0.444. The Kier molecular flexibility index (Phi) is 8.06. The summed E-state index contributed by atoms with van der Waals surface area (Å²) in [4.78, 5) is 0.122. The van der Waals surface area contributed by atoms with Crippen LogP contribution in [0.2, 0.25) is 0 Å². The molecule has 0 unspecified atom stereocenters. The summed E-state index contributed by atoms with van der Waals surface area (Å²) in [7, 11) is -3.66. The number of hydrogen-bond acceptors (Lipinski definition) is 5. The lowest BCUT2D eigenvalue weighted by Crippen LogP contribution is -2.18. The molecule has 0 spiro atoms. The number of hydrogen-bond donors (Lipinski definition) is 2. The van der Waals surface area contributed by atoms with Gasteiger partial charge >= 0.3 is 0 Å². The summed E-state index contributed by atoms with van der Waals surface area (Å²) in [5.74, 6) is 1.48. The first-order valence-electron chi connectivity index (χ1n) is 10.2. The van der Waals surface area contributed by atoms with Gasteiger partial charge in [0.25, 0.3) is 0 Å². The Bertz CT molecular complexity index is 1070. The lowest BCUT2D eigenvalue weighted by molar-refractivity contribution is 0.266. The molecule has 0 saturated carbocycles. The Labute approximate surface area is 184 Å². The van der Waals surface area contributed by atoms with E-state index in [0.717, 1.165) is 41.2 Å². The average molecular weight is 441 g/mol. The van der Waals surface area contributed by atoms with Crippen molar-refractivity contribution in [3.05, 3.63) is 89.5 Å². The third kappa shape index (κ3) is 6.82. The summed E-state index contributed by atoms with van der Waals surface area (Å²) in [5, 5.41) is 8.56. The standard InChI is InChI=1S/C24H28N2O4S/c1-2-29-23-10-6-9-21(24(23)30-18-20-7-4-3-5-8-20)17-26-16-15-19-11-13-22(14-12-19)31(25,27)28/h3-14,26H,2,15-18H2,1H3,(H2,25,27,28). The zero-order valence-corrected chi connectivity index (χ0v) is 18.4. The second-order valence-corrected chi connectivity index (χ2v) is 8.63. The fourth-order valence-electron chi connectivity index (χ4n) is 3.16. The molecule has 3 aromatic carbocycles. The Morgan fingerprint density at radius 2 is 1.61 bits per heavy atom. The van der Waals surface area contributed by atoms with Gasteiger partial charge in [0.1, 0.15) is 6.61 Å². The van der Waals surface area contributed by atoms with Crippen LogP contribution >= 0.6 is 0 Å². The molecule has 3 rings (SSSR count). The second kappa shape index (κ2) is 10.9. The van der Waals surface area contributed by atoms with Crippen LogP contribution in [0.5, 0.6) is 11.5 Å². The van der Waals surface area contributed by atoms with Gasteiger partial charge in [-0.1, -0.05) is 54.6 Å². The molecule has 0 fully saturated rings. The van der Waals surface area contributed by atoms with Gasteiger partial charge in [-0.15, -0.1) is 0 Å². The van der Waals surface area contributed by atoms with E-state index in [0.29, 0.717) is 19.8 Å². The highest BCUT2D eigenvalue weighted by Crippen LogP contribution is 2.32. The minimum absolute atomic E-state index is 0.122. The van der Waals surface area contributed by atoms with Crippen molar-refractivity contribution in [3.8, 4) is 11.5 Å². The molecule has 3 N–H and O–H groups in total. The fourth-order valence-corrected chi connectivity index (χ4v) is 3.68. The van der Waals surface area contributed by atoms with E-state index in [9.17, 15) is 8.42 Å². The maximum absolute atomic E-state index is 11.4. The smallest absolute Gasteiger partial charge is 0.238 e. The Morgan fingerprint density at radius 1 is 0.871 bits per heavy atom. The summed E-state index contributed by atoms with van der Waals surface area (Å²) in [6.45, 7) is 4.33. The van der Waals surface area contributed by atoms with Crippen LogP contribution in [0.4, 0.5) is 0 Å². The van der Waals surface area contributed by atoms with Crippen LogP contribution < -0.4 is 19.9 Å². The number of nitrogens with one attached hydrogen (secondary N) is 1. The van der Waals surface area contributed by atoms with Crippen LogP contribution in [0, 0.1) is 0 Å². The van der Waals surface area contributed by atoms with E-state index >= 15 is 0 Å². The number of para-hydroxylation sites is 1. The fraction of sp³-hybridized carbons (Fsp3) is 0.250. The molecule has 164 valence electrons. The number of rotatable bonds is 11. The zero-order chi connectivity index (χ0) is 22.1. The Balaban J connectivity index is 1.60. The Hall–Kier alpha value is -2.87. The van der Waals surface area contributed by atoms with Gasteiger partial charge in [0, 0.05) is 12.1 Å². The summed E-state index contributed by atoms with van der Waals surface area (Å²) in [5.41, 5.74) is 3.14. The highest BCUT2D eigenvalue weighted by molar-refractivity contribution is 7.89. The molecule has 7 heteroatoms. The summed E-state index contributed by atoms with van der Waals surface area (Å²) in [6.07, 6.45) is 0.760. The lowest BCUT2D eigenvalue weighted by Gasteiger charge is -2.16. The van der Waals surface area contributed by atoms with Crippen LogP contribution in [-0.4, -0.2) is 21.6 Å². The van der Waals surface area contributed by atoms with Crippen molar-refractivity contribution in [3.63, 3.8) is 0 Å². The van der Waals surface area contributed by atoms with E-state index in [1.165, 1.54) is 12.1 Å². The maximum Gasteiger partial charge on any atom is 0.238 e. The predicted molar refractivity (Wildman–Crippen MR) is 122 cm³/mol. The van der Waals surface area contributed by atoms with E-state index in [1.807, 2.05) is 55.5 Å². The molecule has 0 aromatic heterocycles. The minimum Gasteiger partial charge on any atom is -0.490 e. The molecule has 0 aliphatic carbocycles. The highest BCUT2D eigenvalue weighted by Gasteiger charge is 2.12. The average Bonchev–Trinajstić information content (AvgIpc) is 2.77. The van der Waals surface area contributed by atoms with Gasteiger partial charge in [-0.25, -0.2) is 13.6 Å². The molecule has 3 aromatic rings. The molecule has 0 bridgehead atoms. The monoisotopic (exact) mass is 440 g/mol. The van der Waals surface area contributed by atoms with Crippen LogP contribution in [0.1, 0.15) is 23.6 Å². The minimum atomic E-state index is -3.66. The van der Waals surface area contributed by atoms with Gasteiger partial charge in [0.05, 0.1) is 11.5 Å². The van der Waals surface area contributed by atoms with Crippen molar-refractivity contribution in [2.24, 2.45) is 5.14 Å². The van der Waals surface area contributed by atoms with Crippen molar-refractivity contribution in [2.75, 3.05) is 13.2 Å². The van der Waals surface area contributed by atoms with E-state index < -0.39 is 10.0 Å². The molecule has 0 amide bonds. The van der Waals surface area contributed by atoms with Crippen LogP contribution in [0.3, 0.4) is 0 Å². The van der Waals surface area contributed by atoms with Crippen LogP contribution in [0.15, 0.2) is 77.7 Å². The second-order valence-electron chi connectivity index (χ2n) is 7.07. The van der Waals surface area contributed by atoms with Crippen LogP contribution in [-0.2, 0) is 29.6 Å². The first kappa shape index (κ1) is 22.8. The topological polar surface area (TPSA) is 90.6 Å². The number of primary sulfonamides is 1. The van der Waals surface area contributed by atoms with Gasteiger partial charge in [0.2, 0.25) is 10.0 Å². The molecule has 0 aliphatic rings. The van der Waals surface area contributed by atoms with Crippen LogP contribution in [0.25, 0.3) is 0 Å². The van der Waals surface area contributed by atoms with Crippen molar-refractivity contribution in [2.45, 2.75) is 31.4 Å². The molecule has 6 nitrogen and oxygen atoms in total. The zero-order valence-electron chi connectivity index (χ0n) is 17.6. The third-order valence-electron chi connectivity index (χ3n) is 4.74. The van der Waals surface area contributed by atoms with E-state index in [4.69, 9.17) is 14.6 Å². The largest absolute Gasteiger partial charge is 0.490 e. The molecular formula is C24H28N2O4S. The van der Waals surface area contributed by atoms with Gasteiger partial charge in [-0.05, 0) is 49.2 Å². The van der Waals surface area contributed by atoms with Crippen molar-refractivity contribution >= 4 is 10.0 Å². The van der Waals surface area contributed by atoms with E-state index in [1.54, 1.807) is 12.1 Å². The first-order chi connectivity index (χ1) is 15.0. The maximum atomic E-state index is 11.4. The predicted octanol–water partition coefficient (Wildman–Crippen LogP) is 3.64. The summed E-state index contributed by atoms with van der Waals surface area (Å²) < 4.78 is 34.6. The first-order valence-corrected chi connectivity index (χ1v) is 11.8. The van der Waals surface area contributed by atoms with Gasteiger partial charge in [0.15, 0.2) is 11.5 Å². The number of ether oxygens (including phenoxy) is 2. The number of benzene rings is 3. The molecular weight excluding hydrogens is 412 g/mol. The Morgan fingerprint density at radius 3 is 2.29 bits per heavy atom. The lowest BCUT2D eigenvalue weighted by atomic mass is 10.1. The van der Waals surface area contributed by atoms with Gasteiger partial charge in [-0.3, -0.25) is 0 Å². The van der Waals surface area contributed by atoms with Gasteiger partial charge in [-0.2, -0.15) is 0 Å². The highest BCUT2D eigenvalue weighted by atomic mass is 32.2. The van der Waals surface area contributed by atoms with E-state index in [2.05, 4.69) is 5.32 Å². The molecule has 31 heavy (non-hydrogen) atoms. The van der Waals surface area contributed by atoms with Crippen molar-refractivity contribution in [1.29, 1.82) is 0 Å². The SMILES string of the molecule is CCOc1cccc(CNCCc2ccc(S(N)(=O)=O)cc2)c1OCc1ccccc1.